The number of nitrogens with zero attached hydrogens (tertiary/aromatic N) is 2. The number of carbonyl (C=O) groups excluding carboxylic acids is 1. The summed E-state index contributed by atoms with van der Waals surface area (Å²) < 4.78 is 24.2. The summed E-state index contributed by atoms with van der Waals surface area (Å²) in [6.07, 6.45) is 3.24. The monoisotopic (exact) mass is 308 g/mol. The van der Waals surface area contributed by atoms with Gasteiger partial charge in [0.2, 0.25) is 0 Å². The van der Waals surface area contributed by atoms with Gasteiger partial charge in [-0.3, -0.25) is 9.78 Å². The van der Waals surface area contributed by atoms with Crippen molar-refractivity contribution in [3.8, 4) is 0 Å². The van der Waals surface area contributed by atoms with Crippen molar-refractivity contribution in [1.82, 2.24) is 4.98 Å². The molecule has 2 aromatic rings. The van der Waals surface area contributed by atoms with Gasteiger partial charge in [-0.05, 0) is 29.8 Å². The lowest BCUT2D eigenvalue weighted by Crippen LogP contribution is -2.26. The van der Waals surface area contributed by atoms with Crippen molar-refractivity contribution in [2.24, 2.45) is 0 Å². The first-order valence-corrected chi connectivity index (χ1v) is 7.29. The molecule has 0 radical (unpaired) electrons. The van der Waals surface area contributed by atoms with Crippen molar-refractivity contribution in [3.05, 3.63) is 59.9 Å². The van der Waals surface area contributed by atoms with Crippen molar-refractivity contribution < 1.29 is 13.6 Å². The molecule has 0 aliphatic rings. The highest BCUT2D eigenvalue weighted by Gasteiger charge is 2.13. The Labute approximate surface area is 126 Å². The van der Waals surface area contributed by atoms with E-state index in [4.69, 9.17) is 0 Å². The third kappa shape index (κ3) is 4.26. The van der Waals surface area contributed by atoms with Gasteiger partial charge >= 0.3 is 0 Å². The van der Waals surface area contributed by atoms with E-state index >= 15 is 0 Å². The van der Waals surface area contributed by atoms with Gasteiger partial charge < -0.3 is 4.90 Å². The number of thioether (sulfide) groups is 1. The number of amides is 1. The Morgan fingerprint density at radius 3 is 2.57 bits per heavy atom. The Kier molecular flexibility index (Phi) is 5.27. The first-order valence-electron chi connectivity index (χ1n) is 6.24. The van der Waals surface area contributed by atoms with Crippen molar-refractivity contribution in [2.75, 3.05) is 11.9 Å². The van der Waals surface area contributed by atoms with Gasteiger partial charge in [0.15, 0.2) is 0 Å². The highest BCUT2D eigenvalue weighted by Crippen LogP contribution is 2.20. The molecule has 1 amide bonds. The molecule has 0 saturated carbocycles. The maximum Gasteiger partial charge on any atom is 0.284 e. The maximum atomic E-state index is 12.3. The first kappa shape index (κ1) is 15.4. The number of benzene rings is 1. The predicted octanol–water partition coefficient (Wildman–Crippen LogP) is 3.81. The minimum Gasteiger partial charge on any atom is -0.310 e. The molecule has 0 unspecified atom stereocenters. The van der Waals surface area contributed by atoms with Crippen molar-refractivity contribution in [2.45, 2.75) is 11.5 Å². The molecule has 0 bridgehead atoms. The quantitative estimate of drug-likeness (QED) is 0.842. The van der Waals surface area contributed by atoms with Gasteiger partial charge in [-0.25, -0.2) is 0 Å². The number of rotatable bonds is 5. The largest absolute Gasteiger partial charge is 0.310 e. The molecule has 3 nitrogen and oxygen atoms in total. The van der Waals surface area contributed by atoms with E-state index in [-0.39, 0.29) is 11.7 Å². The summed E-state index contributed by atoms with van der Waals surface area (Å²) in [5.74, 6) is -2.33. The number of carbonyl (C=O) groups is 1. The molecule has 2 rings (SSSR count). The van der Waals surface area contributed by atoms with Crippen LogP contribution in [0.25, 0.3) is 0 Å². The molecular weight excluding hydrogens is 294 g/mol. The highest BCUT2D eigenvalue weighted by molar-refractivity contribution is 7.98. The van der Waals surface area contributed by atoms with E-state index in [2.05, 4.69) is 4.98 Å². The fourth-order valence-electron chi connectivity index (χ4n) is 1.77. The van der Waals surface area contributed by atoms with E-state index in [1.54, 1.807) is 55.8 Å². The number of aromatic nitrogens is 1. The topological polar surface area (TPSA) is 33.2 Å². The van der Waals surface area contributed by atoms with Crippen LogP contribution < -0.4 is 4.90 Å². The number of hydrogen-bond acceptors (Lipinski definition) is 3. The Morgan fingerprint density at radius 1 is 1.29 bits per heavy atom. The number of pyridine rings is 1. The Balaban J connectivity index is 2.06. The van der Waals surface area contributed by atoms with Crippen LogP contribution in [0.5, 0.6) is 0 Å². The number of anilines is 1. The molecule has 0 saturated heterocycles. The van der Waals surface area contributed by atoms with Crippen LogP contribution in [-0.2, 0) is 5.75 Å². The van der Waals surface area contributed by atoms with Crippen molar-refractivity contribution in [1.29, 1.82) is 0 Å². The third-order valence-electron chi connectivity index (χ3n) is 2.91. The molecule has 110 valence electrons. The molecule has 1 aromatic carbocycles. The van der Waals surface area contributed by atoms with E-state index in [1.165, 1.54) is 4.90 Å². The summed E-state index contributed by atoms with van der Waals surface area (Å²) in [6, 6.07) is 10.2. The van der Waals surface area contributed by atoms with Crippen LogP contribution in [0, 0.1) is 0 Å². The van der Waals surface area contributed by atoms with Gasteiger partial charge in [0.1, 0.15) is 0 Å². The summed E-state index contributed by atoms with van der Waals surface area (Å²) in [6.45, 7) is 0. The molecule has 0 aliphatic carbocycles. The Bertz CT molecular complexity index is 590. The molecule has 0 atom stereocenters. The second-order valence-electron chi connectivity index (χ2n) is 4.34. The SMILES string of the molecule is CN(C(=O)c1ccc(CSC(F)F)cc1)c1cccnc1. The molecule has 0 N–H and O–H groups in total. The fraction of sp³-hybridized carbons (Fsp3) is 0.200. The number of hydrogen-bond donors (Lipinski definition) is 0. The lowest BCUT2D eigenvalue weighted by Gasteiger charge is -2.16. The minimum absolute atomic E-state index is 0.170. The van der Waals surface area contributed by atoms with Crippen LogP contribution in [0.4, 0.5) is 14.5 Å². The average molecular weight is 308 g/mol. The molecule has 0 fully saturated rings. The van der Waals surface area contributed by atoms with Gasteiger partial charge in [0, 0.05) is 24.6 Å². The molecule has 0 spiro atoms. The Hall–Kier alpha value is -1.95. The molecule has 1 aromatic heterocycles. The first-order chi connectivity index (χ1) is 10.1. The molecule has 21 heavy (non-hydrogen) atoms. The van der Waals surface area contributed by atoms with Crippen LogP contribution in [-0.4, -0.2) is 23.7 Å². The highest BCUT2D eigenvalue weighted by atomic mass is 32.2. The van der Waals surface area contributed by atoms with Gasteiger partial charge in [0.25, 0.3) is 11.7 Å². The summed E-state index contributed by atoms with van der Waals surface area (Å²) >= 11 is 0.565. The second kappa shape index (κ2) is 7.17. The average Bonchev–Trinajstić information content (AvgIpc) is 2.53. The van der Waals surface area contributed by atoms with E-state index in [1.807, 2.05) is 0 Å². The normalized spacial score (nSPS) is 10.7. The zero-order valence-corrected chi connectivity index (χ0v) is 12.2. The molecule has 1 heterocycles. The van der Waals surface area contributed by atoms with Crippen LogP contribution in [0.1, 0.15) is 15.9 Å². The smallest absolute Gasteiger partial charge is 0.284 e. The lowest BCUT2D eigenvalue weighted by molar-refractivity contribution is 0.0993. The zero-order valence-electron chi connectivity index (χ0n) is 11.4. The number of halogens is 2. The van der Waals surface area contributed by atoms with E-state index in [0.29, 0.717) is 23.0 Å². The lowest BCUT2D eigenvalue weighted by atomic mass is 10.1. The Morgan fingerprint density at radius 2 is 2.00 bits per heavy atom. The van der Waals surface area contributed by atoms with Gasteiger partial charge in [-0.2, -0.15) is 8.78 Å². The van der Waals surface area contributed by atoms with Crippen LogP contribution in [0.15, 0.2) is 48.8 Å². The van der Waals surface area contributed by atoms with Crippen molar-refractivity contribution in [3.63, 3.8) is 0 Å². The van der Waals surface area contributed by atoms with Gasteiger partial charge in [-0.15, -0.1) is 0 Å². The van der Waals surface area contributed by atoms with E-state index in [0.717, 1.165) is 5.56 Å². The summed E-state index contributed by atoms with van der Waals surface area (Å²) in [7, 11) is 1.67. The molecular formula is C15H14F2N2OS. The van der Waals surface area contributed by atoms with Crippen LogP contribution in [0.2, 0.25) is 0 Å². The summed E-state index contributed by atoms with van der Waals surface area (Å²) in [5.41, 5.74) is 1.97. The summed E-state index contributed by atoms with van der Waals surface area (Å²) in [5, 5.41) is 0. The molecule has 0 aliphatic heterocycles. The van der Waals surface area contributed by atoms with Crippen LogP contribution >= 0.6 is 11.8 Å². The minimum atomic E-state index is -2.39. The number of alkyl halides is 2. The summed E-state index contributed by atoms with van der Waals surface area (Å²) in [4.78, 5) is 17.8. The van der Waals surface area contributed by atoms with E-state index < -0.39 is 5.76 Å². The predicted molar refractivity (Wildman–Crippen MR) is 80.7 cm³/mol. The fourth-order valence-corrected chi connectivity index (χ4v) is 2.28. The third-order valence-corrected chi connectivity index (χ3v) is 3.67. The maximum absolute atomic E-state index is 12.3. The van der Waals surface area contributed by atoms with Gasteiger partial charge in [0.05, 0.1) is 11.9 Å². The standard InChI is InChI=1S/C15H14F2N2OS/c1-19(13-3-2-8-18-9-13)14(20)12-6-4-11(5-7-12)10-21-15(16)17/h2-9,15H,10H2,1H3. The van der Waals surface area contributed by atoms with Crippen molar-refractivity contribution >= 4 is 23.4 Å². The second-order valence-corrected chi connectivity index (χ2v) is 5.32. The van der Waals surface area contributed by atoms with E-state index in [9.17, 15) is 13.6 Å². The van der Waals surface area contributed by atoms with Gasteiger partial charge in [-0.1, -0.05) is 23.9 Å². The zero-order chi connectivity index (χ0) is 15.2. The molecule has 6 heteroatoms. The van der Waals surface area contributed by atoms with Crippen LogP contribution in [0.3, 0.4) is 0 Å².